The molecule has 0 radical (unpaired) electrons. The first-order valence-electron chi connectivity index (χ1n) is 10.6. The average Bonchev–Trinajstić information content (AvgIpc) is 3.30. The van der Waals surface area contributed by atoms with E-state index in [1.165, 1.54) is 7.11 Å². The highest BCUT2D eigenvalue weighted by Gasteiger charge is 2.42. The fourth-order valence-electron chi connectivity index (χ4n) is 4.18. The van der Waals surface area contributed by atoms with Crippen molar-refractivity contribution in [1.29, 1.82) is 0 Å². The van der Waals surface area contributed by atoms with Crippen LogP contribution in [0.15, 0.2) is 72.1 Å². The summed E-state index contributed by atoms with van der Waals surface area (Å²) in [4.78, 5) is 16.1. The van der Waals surface area contributed by atoms with Gasteiger partial charge in [-0.05, 0) is 31.2 Å². The lowest BCUT2D eigenvalue weighted by Gasteiger charge is -2.38. The van der Waals surface area contributed by atoms with Gasteiger partial charge in [0.15, 0.2) is 11.5 Å². The first-order valence-corrected chi connectivity index (χ1v) is 10.6. The van der Waals surface area contributed by atoms with E-state index in [4.69, 9.17) is 19.3 Å². The van der Waals surface area contributed by atoms with Gasteiger partial charge in [0.05, 0.1) is 31.0 Å². The number of aromatic nitrogens is 1. The van der Waals surface area contributed by atoms with Crippen LogP contribution in [0, 0.1) is 0 Å². The predicted molar refractivity (Wildman–Crippen MR) is 119 cm³/mol. The Balaban J connectivity index is 1.58. The van der Waals surface area contributed by atoms with E-state index in [0.717, 1.165) is 40.3 Å². The van der Waals surface area contributed by atoms with Gasteiger partial charge in [-0.15, -0.1) is 0 Å². The number of hydrogen-bond acceptors (Lipinski definition) is 7. The number of fused-ring (bicyclic) bond motifs is 3. The molecule has 0 bridgehead atoms. The zero-order valence-corrected chi connectivity index (χ0v) is 17.9. The zero-order valence-electron chi connectivity index (χ0n) is 17.9. The van der Waals surface area contributed by atoms with E-state index in [9.17, 15) is 4.79 Å². The second kappa shape index (κ2) is 8.34. The van der Waals surface area contributed by atoms with Gasteiger partial charge < -0.3 is 14.2 Å². The highest BCUT2D eigenvalue weighted by atomic mass is 16.5. The van der Waals surface area contributed by atoms with Gasteiger partial charge in [0.2, 0.25) is 6.23 Å². The number of nitrogens with zero attached hydrogens (tertiary/aromatic N) is 3. The number of para-hydroxylation sites is 1. The molecule has 0 aliphatic carbocycles. The fraction of sp³-hybridized carbons (Fsp3) is 0.240. The van der Waals surface area contributed by atoms with Gasteiger partial charge in [-0.25, -0.2) is 9.80 Å². The monoisotopic (exact) mass is 429 g/mol. The van der Waals surface area contributed by atoms with Crippen LogP contribution in [0.3, 0.4) is 0 Å². The molecule has 2 aromatic carbocycles. The highest BCUT2D eigenvalue weighted by Crippen LogP contribution is 2.50. The van der Waals surface area contributed by atoms with Gasteiger partial charge in [0.1, 0.15) is 0 Å². The number of benzene rings is 2. The van der Waals surface area contributed by atoms with Crippen molar-refractivity contribution in [1.82, 2.24) is 9.99 Å². The summed E-state index contributed by atoms with van der Waals surface area (Å²) in [5, 5.41) is 6.93. The quantitative estimate of drug-likeness (QED) is 0.556. The largest absolute Gasteiger partial charge is 0.490 e. The number of carbonyl (C=O) groups is 1. The summed E-state index contributed by atoms with van der Waals surface area (Å²) < 4.78 is 17.2. The van der Waals surface area contributed by atoms with Crippen molar-refractivity contribution in [3.05, 3.63) is 89.2 Å². The van der Waals surface area contributed by atoms with Crippen LogP contribution in [0.1, 0.15) is 52.7 Å². The van der Waals surface area contributed by atoms with Crippen molar-refractivity contribution < 1.29 is 19.0 Å². The minimum Gasteiger partial charge on any atom is -0.490 e. The second-order valence-corrected chi connectivity index (χ2v) is 7.58. The Labute approximate surface area is 186 Å². The summed E-state index contributed by atoms with van der Waals surface area (Å²) in [6, 6.07) is 17.1. The number of esters is 1. The van der Waals surface area contributed by atoms with Crippen LogP contribution in [0.2, 0.25) is 0 Å². The number of carbonyl (C=O) groups excluding carboxylic acids is 1. The van der Waals surface area contributed by atoms with E-state index in [1.807, 2.05) is 54.5 Å². The summed E-state index contributed by atoms with van der Waals surface area (Å²) in [6.07, 6.45) is 3.85. The van der Waals surface area contributed by atoms with Crippen molar-refractivity contribution in [3.8, 4) is 11.5 Å². The average molecular weight is 429 g/mol. The van der Waals surface area contributed by atoms with E-state index >= 15 is 0 Å². The van der Waals surface area contributed by atoms with Crippen LogP contribution in [-0.2, 0) is 4.74 Å². The lowest BCUT2D eigenvalue weighted by Crippen LogP contribution is -2.34. The number of hydrazone groups is 1. The standard InChI is InChI=1S/C25H23N3O4/c1-3-31-22-8-4-7-19-21-14-20(18-6-5-13-26-15-18)27-28(21)24(32-23(19)22)16-9-11-17(12-10-16)25(29)30-2/h4-13,15,21,24H,3,14H2,1-2H3/t21-,24-/m1/s1. The van der Waals surface area contributed by atoms with Crippen molar-refractivity contribution in [2.75, 3.05) is 13.7 Å². The van der Waals surface area contributed by atoms with Gasteiger partial charge in [-0.1, -0.05) is 30.3 Å². The van der Waals surface area contributed by atoms with Crippen molar-refractivity contribution in [2.45, 2.75) is 25.6 Å². The molecule has 3 aromatic rings. The third kappa shape index (κ3) is 3.45. The summed E-state index contributed by atoms with van der Waals surface area (Å²) in [7, 11) is 1.37. The maximum Gasteiger partial charge on any atom is 0.337 e. The number of pyridine rings is 1. The molecule has 1 aromatic heterocycles. The molecule has 0 fully saturated rings. The Morgan fingerprint density at radius 3 is 2.72 bits per heavy atom. The molecule has 0 unspecified atom stereocenters. The summed E-state index contributed by atoms with van der Waals surface area (Å²) in [5.74, 6) is 1.08. The van der Waals surface area contributed by atoms with Crippen molar-refractivity contribution >= 4 is 11.7 Å². The molecule has 7 heteroatoms. The van der Waals surface area contributed by atoms with Crippen molar-refractivity contribution in [2.24, 2.45) is 5.10 Å². The number of methoxy groups -OCH3 is 1. The summed E-state index contributed by atoms with van der Waals surface area (Å²) in [6.45, 7) is 2.50. The van der Waals surface area contributed by atoms with Gasteiger partial charge in [-0.3, -0.25) is 4.98 Å². The molecule has 0 saturated carbocycles. The van der Waals surface area contributed by atoms with E-state index in [1.54, 1.807) is 18.3 Å². The normalized spacial score (nSPS) is 18.8. The molecule has 2 aliphatic rings. The molecule has 162 valence electrons. The minimum absolute atomic E-state index is 0.000328. The smallest absolute Gasteiger partial charge is 0.337 e. The Hall–Kier alpha value is -3.87. The van der Waals surface area contributed by atoms with Gasteiger partial charge in [0, 0.05) is 35.5 Å². The summed E-state index contributed by atoms with van der Waals surface area (Å²) in [5.41, 5.74) is 4.36. The number of ether oxygens (including phenoxy) is 3. The molecule has 2 atom stereocenters. The van der Waals surface area contributed by atoms with Gasteiger partial charge >= 0.3 is 5.97 Å². The van der Waals surface area contributed by atoms with E-state index in [0.29, 0.717) is 12.2 Å². The SMILES string of the molecule is CCOc1cccc2c1O[C@H](c1ccc(C(=O)OC)cc1)N1N=C(c3cccnc3)C[C@H]21. The third-order valence-electron chi connectivity index (χ3n) is 5.69. The minimum atomic E-state index is -0.463. The maximum absolute atomic E-state index is 11.9. The highest BCUT2D eigenvalue weighted by molar-refractivity contribution is 6.01. The van der Waals surface area contributed by atoms with Crippen LogP contribution >= 0.6 is 0 Å². The zero-order chi connectivity index (χ0) is 22.1. The molecule has 5 rings (SSSR count). The molecule has 0 saturated heterocycles. The van der Waals surface area contributed by atoms with Crippen LogP contribution in [-0.4, -0.2) is 35.4 Å². The third-order valence-corrected chi connectivity index (χ3v) is 5.69. The van der Waals surface area contributed by atoms with Crippen LogP contribution in [0.25, 0.3) is 0 Å². The lowest BCUT2D eigenvalue weighted by molar-refractivity contribution is -0.0212. The Morgan fingerprint density at radius 2 is 2.00 bits per heavy atom. The molecule has 7 nitrogen and oxygen atoms in total. The lowest BCUT2D eigenvalue weighted by atomic mass is 9.96. The molecule has 32 heavy (non-hydrogen) atoms. The number of rotatable bonds is 5. The molecule has 0 amide bonds. The molecule has 0 N–H and O–H groups in total. The van der Waals surface area contributed by atoms with Crippen LogP contribution in [0.4, 0.5) is 0 Å². The Kier molecular flexibility index (Phi) is 5.23. The Bertz CT molecular complexity index is 1160. The first kappa shape index (κ1) is 20.1. The Morgan fingerprint density at radius 1 is 1.16 bits per heavy atom. The van der Waals surface area contributed by atoms with E-state index in [-0.39, 0.29) is 12.0 Å². The van der Waals surface area contributed by atoms with Crippen molar-refractivity contribution in [3.63, 3.8) is 0 Å². The second-order valence-electron chi connectivity index (χ2n) is 7.58. The topological polar surface area (TPSA) is 73.2 Å². The molecular weight excluding hydrogens is 406 g/mol. The van der Waals surface area contributed by atoms with Crippen LogP contribution < -0.4 is 9.47 Å². The fourth-order valence-corrected chi connectivity index (χ4v) is 4.18. The van der Waals surface area contributed by atoms with Gasteiger partial charge in [-0.2, -0.15) is 5.10 Å². The molecule has 0 spiro atoms. The molecule has 2 aliphatic heterocycles. The first-order chi connectivity index (χ1) is 15.7. The summed E-state index contributed by atoms with van der Waals surface area (Å²) >= 11 is 0. The van der Waals surface area contributed by atoms with E-state index in [2.05, 4.69) is 11.1 Å². The van der Waals surface area contributed by atoms with E-state index < -0.39 is 6.23 Å². The number of hydrogen-bond donors (Lipinski definition) is 0. The van der Waals surface area contributed by atoms with Gasteiger partial charge in [0.25, 0.3) is 0 Å². The maximum atomic E-state index is 11.9. The molecular formula is C25H23N3O4. The molecule has 3 heterocycles. The predicted octanol–water partition coefficient (Wildman–Crippen LogP) is 4.51. The van der Waals surface area contributed by atoms with Crippen LogP contribution in [0.5, 0.6) is 11.5 Å².